The molecule has 0 unspecified atom stereocenters. The first-order chi connectivity index (χ1) is 9.99. The lowest BCUT2D eigenvalue weighted by Gasteiger charge is -2.35. The van der Waals surface area contributed by atoms with E-state index in [9.17, 15) is 4.79 Å². The first kappa shape index (κ1) is 16.0. The number of nitrogens with zero attached hydrogens (tertiary/aromatic N) is 1. The normalized spacial score (nSPS) is 19.8. The van der Waals surface area contributed by atoms with E-state index < -0.39 is 0 Å². The molecule has 116 valence electrons. The molecule has 21 heavy (non-hydrogen) atoms. The van der Waals surface area contributed by atoms with E-state index >= 15 is 0 Å². The standard InChI is InChI=1S/C18H28N2O/c1-13(2)20-10-6-8-16(12-20)11-19-18(21)17-9-5-7-14(3)15(17)4/h5,7,9,13,16H,6,8,10-12H2,1-4H3,(H,19,21)/t16-/m0/s1. The van der Waals surface area contributed by atoms with Gasteiger partial charge in [-0.15, -0.1) is 0 Å². The predicted octanol–water partition coefficient (Wildman–Crippen LogP) is 3.15. The summed E-state index contributed by atoms with van der Waals surface area (Å²) < 4.78 is 0. The van der Waals surface area contributed by atoms with E-state index in [2.05, 4.69) is 24.1 Å². The number of likely N-dealkylation sites (tertiary alicyclic amines) is 1. The monoisotopic (exact) mass is 288 g/mol. The maximum atomic E-state index is 12.4. The second-order valence-electron chi connectivity index (χ2n) is 6.55. The predicted molar refractivity (Wildman–Crippen MR) is 87.7 cm³/mol. The number of hydrogen-bond donors (Lipinski definition) is 1. The van der Waals surface area contributed by atoms with Crippen molar-refractivity contribution in [2.24, 2.45) is 5.92 Å². The van der Waals surface area contributed by atoms with Crippen molar-refractivity contribution in [2.45, 2.75) is 46.6 Å². The Hall–Kier alpha value is -1.35. The van der Waals surface area contributed by atoms with Crippen molar-refractivity contribution < 1.29 is 4.79 Å². The molecule has 0 spiro atoms. The number of benzene rings is 1. The molecule has 0 aliphatic carbocycles. The third-order valence-electron chi connectivity index (χ3n) is 4.68. The molecule has 1 saturated heterocycles. The molecular formula is C18H28N2O. The van der Waals surface area contributed by atoms with Crippen molar-refractivity contribution in [2.75, 3.05) is 19.6 Å². The van der Waals surface area contributed by atoms with Gasteiger partial charge in [0, 0.05) is 24.7 Å². The van der Waals surface area contributed by atoms with Crippen LogP contribution in [-0.2, 0) is 0 Å². The van der Waals surface area contributed by atoms with E-state index in [0.717, 1.165) is 24.2 Å². The third-order valence-corrected chi connectivity index (χ3v) is 4.68. The second-order valence-corrected chi connectivity index (χ2v) is 6.55. The van der Waals surface area contributed by atoms with E-state index in [4.69, 9.17) is 0 Å². The lowest BCUT2D eigenvalue weighted by molar-refractivity contribution is 0.0922. The Balaban J connectivity index is 1.90. The first-order valence-corrected chi connectivity index (χ1v) is 8.07. The number of rotatable bonds is 4. The van der Waals surface area contributed by atoms with Gasteiger partial charge in [-0.1, -0.05) is 12.1 Å². The minimum atomic E-state index is 0.0675. The number of piperidine rings is 1. The molecule has 0 radical (unpaired) electrons. The van der Waals surface area contributed by atoms with Crippen LogP contribution in [0, 0.1) is 19.8 Å². The molecule has 1 amide bonds. The van der Waals surface area contributed by atoms with Gasteiger partial charge in [-0.05, 0) is 70.2 Å². The fraction of sp³-hybridized carbons (Fsp3) is 0.611. The summed E-state index contributed by atoms with van der Waals surface area (Å²) in [6, 6.07) is 6.52. The zero-order chi connectivity index (χ0) is 15.4. The van der Waals surface area contributed by atoms with Gasteiger partial charge in [-0.2, -0.15) is 0 Å². The van der Waals surface area contributed by atoms with Gasteiger partial charge in [0.1, 0.15) is 0 Å². The highest BCUT2D eigenvalue weighted by Gasteiger charge is 2.22. The lowest BCUT2D eigenvalue weighted by Crippen LogP contribution is -2.43. The third kappa shape index (κ3) is 4.07. The number of carbonyl (C=O) groups excluding carboxylic acids is 1. The van der Waals surface area contributed by atoms with E-state index in [1.807, 2.05) is 32.0 Å². The van der Waals surface area contributed by atoms with Gasteiger partial charge in [0.2, 0.25) is 0 Å². The molecule has 0 aromatic heterocycles. The number of aryl methyl sites for hydroxylation is 1. The molecule has 3 nitrogen and oxygen atoms in total. The fourth-order valence-electron chi connectivity index (χ4n) is 3.06. The Labute approximate surface area is 128 Å². The summed E-state index contributed by atoms with van der Waals surface area (Å²) in [5.41, 5.74) is 3.07. The largest absolute Gasteiger partial charge is 0.352 e. The molecule has 1 N–H and O–H groups in total. The minimum absolute atomic E-state index is 0.0675. The van der Waals surface area contributed by atoms with E-state index in [1.165, 1.54) is 24.9 Å². The van der Waals surface area contributed by atoms with Crippen molar-refractivity contribution in [1.29, 1.82) is 0 Å². The van der Waals surface area contributed by atoms with Gasteiger partial charge < -0.3 is 10.2 Å². The van der Waals surface area contributed by atoms with E-state index in [-0.39, 0.29) is 5.91 Å². The van der Waals surface area contributed by atoms with Crippen LogP contribution >= 0.6 is 0 Å². The lowest BCUT2D eigenvalue weighted by atomic mass is 9.96. The number of amides is 1. The molecule has 2 rings (SSSR count). The van der Waals surface area contributed by atoms with Gasteiger partial charge in [-0.3, -0.25) is 4.79 Å². The molecule has 1 heterocycles. The summed E-state index contributed by atoms with van der Waals surface area (Å²) in [5, 5.41) is 3.13. The van der Waals surface area contributed by atoms with Crippen molar-refractivity contribution in [3.63, 3.8) is 0 Å². The number of hydrogen-bond acceptors (Lipinski definition) is 2. The van der Waals surface area contributed by atoms with Crippen molar-refractivity contribution in [3.05, 3.63) is 34.9 Å². The van der Waals surface area contributed by atoms with Crippen LogP contribution in [0.1, 0.15) is 48.2 Å². The molecular weight excluding hydrogens is 260 g/mol. The summed E-state index contributed by atoms with van der Waals surface area (Å²) in [4.78, 5) is 14.9. The summed E-state index contributed by atoms with van der Waals surface area (Å²) in [6.45, 7) is 11.6. The average Bonchev–Trinajstić information content (AvgIpc) is 2.48. The highest BCUT2D eigenvalue weighted by atomic mass is 16.1. The van der Waals surface area contributed by atoms with E-state index in [1.54, 1.807) is 0 Å². The number of carbonyl (C=O) groups is 1. The van der Waals surface area contributed by atoms with Gasteiger partial charge >= 0.3 is 0 Å². The summed E-state index contributed by atoms with van der Waals surface area (Å²) in [7, 11) is 0. The molecule has 0 bridgehead atoms. The maximum absolute atomic E-state index is 12.4. The topological polar surface area (TPSA) is 32.3 Å². The molecule has 0 saturated carbocycles. The van der Waals surface area contributed by atoms with Crippen LogP contribution in [0.5, 0.6) is 0 Å². The van der Waals surface area contributed by atoms with Gasteiger partial charge in [-0.25, -0.2) is 0 Å². The number of nitrogens with one attached hydrogen (secondary N) is 1. The van der Waals surface area contributed by atoms with Crippen molar-refractivity contribution >= 4 is 5.91 Å². The molecule has 1 aromatic rings. The zero-order valence-electron chi connectivity index (χ0n) is 13.8. The molecule has 3 heteroatoms. The second kappa shape index (κ2) is 7.08. The smallest absolute Gasteiger partial charge is 0.251 e. The quantitative estimate of drug-likeness (QED) is 0.923. The Kier molecular flexibility index (Phi) is 5.40. The highest BCUT2D eigenvalue weighted by Crippen LogP contribution is 2.18. The van der Waals surface area contributed by atoms with Gasteiger partial charge in [0.15, 0.2) is 0 Å². The van der Waals surface area contributed by atoms with E-state index in [0.29, 0.717) is 12.0 Å². The maximum Gasteiger partial charge on any atom is 0.251 e. The fourth-order valence-corrected chi connectivity index (χ4v) is 3.06. The first-order valence-electron chi connectivity index (χ1n) is 8.07. The van der Waals surface area contributed by atoms with Crippen molar-refractivity contribution in [1.82, 2.24) is 10.2 Å². The SMILES string of the molecule is Cc1cccc(C(=O)NC[C@@H]2CCCN(C(C)C)C2)c1C. The van der Waals surface area contributed by atoms with Gasteiger partial charge in [0.05, 0.1) is 0 Å². The van der Waals surface area contributed by atoms with Gasteiger partial charge in [0.25, 0.3) is 5.91 Å². The van der Waals surface area contributed by atoms with Crippen LogP contribution in [0.3, 0.4) is 0 Å². The zero-order valence-corrected chi connectivity index (χ0v) is 13.8. The van der Waals surface area contributed by atoms with Crippen LogP contribution < -0.4 is 5.32 Å². The van der Waals surface area contributed by atoms with Crippen LogP contribution in [0.25, 0.3) is 0 Å². The molecule has 1 atom stereocenters. The van der Waals surface area contributed by atoms with Crippen molar-refractivity contribution in [3.8, 4) is 0 Å². The summed E-state index contributed by atoms with van der Waals surface area (Å²) in [5.74, 6) is 0.646. The molecule has 1 aliphatic rings. The highest BCUT2D eigenvalue weighted by molar-refractivity contribution is 5.95. The van der Waals surface area contributed by atoms with Crippen LogP contribution in [0.15, 0.2) is 18.2 Å². The Morgan fingerprint density at radius 3 is 2.86 bits per heavy atom. The van der Waals surface area contributed by atoms with Crippen LogP contribution in [-0.4, -0.2) is 36.5 Å². The Bertz CT molecular complexity index is 496. The molecule has 1 aromatic carbocycles. The Morgan fingerprint density at radius 1 is 1.38 bits per heavy atom. The molecule has 1 aliphatic heterocycles. The van der Waals surface area contributed by atoms with Crippen LogP contribution in [0.2, 0.25) is 0 Å². The van der Waals surface area contributed by atoms with Crippen LogP contribution in [0.4, 0.5) is 0 Å². The summed E-state index contributed by atoms with van der Waals surface area (Å²) in [6.07, 6.45) is 2.46. The Morgan fingerprint density at radius 2 is 2.14 bits per heavy atom. The molecule has 1 fully saturated rings. The summed E-state index contributed by atoms with van der Waals surface area (Å²) >= 11 is 0. The minimum Gasteiger partial charge on any atom is -0.352 e. The average molecular weight is 288 g/mol.